The maximum atomic E-state index is 12.2. The Morgan fingerprint density at radius 2 is 1.88 bits per heavy atom. The molecular weight excluding hydrogens is 313 g/mol. The Hall–Kier alpha value is -1.10. The second-order valence-electron chi connectivity index (χ2n) is 3.47. The zero-order chi connectivity index (χ0) is 11.4. The van der Waals surface area contributed by atoms with E-state index in [1.54, 1.807) is 0 Å². The Balaban J connectivity index is 2.31. The lowest BCUT2D eigenvalue weighted by atomic mass is 10.1. The van der Waals surface area contributed by atoms with Crippen LogP contribution in [0, 0.1) is 0 Å². The van der Waals surface area contributed by atoms with Crippen LogP contribution < -0.4 is 0 Å². The van der Waals surface area contributed by atoms with Crippen LogP contribution in [0.3, 0.4) is 0 Å². The highest BCUT2D eigenvalue weighted by atomic mass is 127. The van der Waals surface area contributed by atoms with Gasteiger partial charge in [0.1, 0.15) is 0 Å². The number of rotatable bonds is 4. The monoisotopic (exact) mass is 325 g/mol. The zero-order valence-electron chi connectivity index (χ0n) is 8.77. The highest BCUT2D eigenvalue weighted by Crippen LogP contribution is 2.11. The Kier molecular flexibility index (Phi) is 3.77. The molecule has 2 aromatic rings. The summed E-state index contributed by atoms with van der Waals surface area (Å²) in [5.74, 6) is 0.0930. The maximum absolute atomic E-state index is 12.2. The van der Waals surface area contributed by atoms with Crippen molar-refractivity contribution in [2.24, 2.45) is 0 Å². The van der Waals surface area contributed by atoms with Crippen molar-refractivity contribution in [1.82, 2.24) is 4.57 Å². The minimum absolute atomic E-state index is 0.0930. The predicted octanol–water partition coefficient (Wildman–Crippen LogP) is 3.15. The number of carbonyl (C=O) groups is 1. The highest BCUT2D eigenvalue weighted by molar-refractivity contribution is 14.1. The molecule has 1 heterocycles. The summed E-state index contributed by atoms with van der Waals surface area (Å²) in [6.45, 7) is 0.876. The number of halogens is 1. The van der Waals surface area contributed by atoms with Crippen LogP contribution in [-0.2, 0) is 6.54 Å². The lowest BCUT2D eigenvalue weighted by Gasteiger charge is -2.06. The molecule has 0 aliphatic carbocycles. The van der Waals surface area contributed by atoms with Crippen LogP contribution in [0.5, 0.6) is 0 Å². The number of hydrogen-bond donors (Lipinski definition) is 0. The molecule has 0 spiro atoms. The highest BCUT2D eigenvalue weighted by Gasteiger charge is 2.11. The number of aryl methyl sites for hydroxylation is 1. The van der Waals surface area contributed by atoms with Gasteiger partial charge in [0.05, 0.1) is 5.69 Å². The van der Waals surface area contributed by atoms with Gasteiger partial charge in [-0.1, -0.05) is 52.9 Å². The molecule has 1 aromatic carbocycles. The first-order chi connectivity index (χ1) is 7.83. The van der Waals surface area contributed by atoms with Crippen LogP contribution in [0.2, 0.25) is 0 Å². The van der Waals surface area contributed by atoms with Gasteiger partial charge in [0, 0.05) is 22.7 Å². The van der Waals surface area contributed by atoms with Crippen LogP contribution in [0.1, 0.15) is 16.1 Å². The molecule has 16 heavy (non-hydrogen) atoms. The molecule has 2 rings (SSSR count). The van der Waals surface area contributed by atoms with Crippen molar-refractivity contribution in [2.45, 2.75) is 6.54 Å². The third kappa shape index (κ3) is 2.35. The maximum Gasteiger partial charge on any atom is 0.209 e. The lowest BCUT2D eigenvalue weighted by Crippen LogP contribution is -2.10. The van der Waals surface area contributed by atoms with Crippen LogP contribution in [-0.4, -0.2) is 14.8 Å². The first-order valence-electron chi connectivity index (χ1n) is 5.14. The second-order valence-corrected chi connectivity index (χ2v) is 4.55. The van der Waals surface area contributed by atoms with E-state index < -0.39 is 0 Å². The molecule has 0 saturated heterocycles. The van der Waals surface area contributed by atoms with Gasteiger partial charge >= 0.3 is 0 Å². The van der Waals surface area contributed by atoms with Crippen molar-refractivity contribution in [3.63, 3.8) is 0 Å². The van der Waals surface area contributed by atoms with Gasteiger partial charge in [-0.15, -0.1) is 0 Å². The average Bonchev–Trinajstić information content (AvgIpc) is 2.78. The fourth-order valence-corrected chi connectivity index (χ4v) is 2.16. The number of nitrogens with zero attached hydrogens (tertiary/aromatic N) is 1. The van der Waals surface area contributed by atoms with E-state index in [0.717, 1.165) is 22.2 Å². The fourth-order valence-electron chi connectivity index (χ4n) is 1.64. The molecule has 0 radical (unpaired) electrons. The van der Waals surface area contributed by atoms with Gasteiger partial charge < -0.3 is 4.57 Å². The Morgan fingerprint density at radius 3 is 2.56 bits per heavy atom. The van der Waals surface area contributed by atoms with Crippen molar-refractivity contribution in [2.75, 3.05) is 4.43 Å². The quantitative estimate of drug-likeness (QED) is 0.481. The summed E-state index contributed by atoms with van der Waals surface area (Å²) < 4.78 is 3.00. The van der Waals surface area contributed by atoms with Crippen molar-refractivity contribution in [1.29, 1.82) is 0 Å². The number of benzene rings is 1. The molecule has 2 nitrogen and oxygen atoms in total. The third-order valence-electron chi connectivity index (χ3n) is 2.42. The molecule has 0 amide bonds. The van der Waals surface area contributed by atoms with Gasteiger partial charge in [-0.05, 0) is 12.1 Å². The van der Waals surface area contributed by atoms with Gasteiger partial charge in [0.25, 0.3) is 0 Å². The molecule has 0 saturated carbocycles. The van der Waals surface area contributed by atoms with E-state index in [2.05, 4.69) is 22.6 Å². The standard InChI is InChI=1S/C13H12INO/c14-8-10-15-9-4-7-12(15)13(16)11-5-2-1-3-6-11/h1-7,9H,8,10H2. The average molecular weight is 325 g/mol. The SMILES string of the molecule is O=C(c1ccccc1)c1cccn1CCI. The summed E-state index contributed by atoms with van der Waals surface area (Å²) in [5.41, 5.74) is 1.51. The first kappa shape index (κ1) is 11.4. The van der Waals surface area contributed by atoms with Crippen molar-refractivity contribution >= 4 is 28.4 Å². The van der Waals surface area contributed by atoms with E-state index in [-0.39, 0.29) is 5.78 Å². The fraction of sp³-hybridized carbons (Fsp3) is 0.154. The minimum atomic E-state index is 0.0930. The predicted molar refractivity (Wildman–Crippen MR) is 73.2 cm³/mol. The molecule has 0 aliphatic rings. The van der Waals surface area contributed by atoms with Crippen molar-refractivity contribution in [3.8, 4) is 0 Å². The molecule has 0 unspecified atom stereocenters. The Morgan fingerprint density at radius 1 is 1.12 bits per heavy atom. The number of hydrogen-bond acceptors (Lipinski definition) is 1. The van der Waals surface area contributed by atoms with Gasteiger partial charge in [0.15, 0.2) is 0 Å². The topological polar surface area (TPSA) is 22.0 Å². The summed E-state index contributed by atoms with van der Waals surface area (Å²) in [4.78, 5) is 12.2. The van der Waals surface area contributed by atoms with Crippen molar-refractivity contribution in [3.05, 3.63) is 59.9 Å². The summed E-state index contributed by atoms with van der Waals surface area (Å²) in [6.07, 6.45) is 1.95. The largest absolute Gasteiger partial charge is 0.344 e. The van der Waals surface area contributed by atoms with Crippen molar-refractivity contribution < 1.29 is 4.79 Å². The van der Waals surface area contributed by atoms with E-state index in [1.807, 2.05) is 53.2 Å². The third-order valence-corrected chi connectivity index (χ3v) is 2.91. The summed E-state index contributed by atoms with van der Waals surface area (Å²) in [6, 6.07) is 13.2. The summed E-state index contributed by atoms with van der Waals surface area (Å²) in [7, 11) is 0. The normalized spacial score (nSPS) is 10.3. The van der Waals surface area contributed by atoms with E-state index in [9.17, 15) is 4.79 Å². The molecule has 0 bridgehead atoms. The zero-order valence-corrected chi connectivity index (χ0v) is 10.9. The van der Waals surface area contributed by atoms with E-state index in [0.29, 0.717) is 0 Å². The number of aromatic nitrogens is 1. The van der Waals surface area contributed by atoms with Crippen LogP contribution >= 0.6 is 22.6 Å². The summed E-state index contributed by atoms with van der Waals surface area (Å²) in [5, 5.41) is 0. The van der Waals surface area contributed by atoms with Crippen LogP contribution in [0.15, 0.2) is 48.7 Å². The van der Waals surface area contributed by atoms with Gasteiger partial charge in [0.2, 0.25) is 5.78 Å². The molecule has 0 N–H and O–H groups in total. The smallest absolute Gasteiger partial charge is 0.209 e. The van der Waals surface area contributed by atoms with E-state index >= 15 is 0 Å². The Labute approximate surface area is 108 Å². The van der Waals surface area contributed by atoms with E-state index in [4.69, 9.17) is 0 Å². The molecule has 1 aromatic heterocycles. The number of ketones is 1. The molecule has 0 atom stereocenters. The van der Waals surface area contributed by atoms with Gasteiger partial charge in [-0.3, -0.25) is 4.79 Å². The number of carbonyl (C=O) groups excluding carboxylic acids is 1. The molecular formula is C13H12INO. The first-order valence-corrected chi connectivity index (χ1v) is 6.66. The second kappa shape index (κ2) is 5.30. The lowest BCUT2D eigenvalue weighted by molar-refractivity contribution is 0.103. The van der Waals surface area contributed by atoms with E-state index in [1.165, 1.54) is 0 Å². The molecule has 0 aliphatic heterocycles. The Bertz CT molecular complexity index is 476. The summed E-state index contributed by atoms with van der Waals surface area (Å²) >= 11 is 2.31. The number of alkyl halides is 1. The molecule has 82 valence electrons. The van der Waals surface area contributed by atoms with Crippen LogP contribution in [0.4, 0.5) is 0 Å². The van der Waals surface area contributed by atoms with Gasteiger partial charge in [-0.25, -0.2) is 0 Å². The minimum Gasteiger partial charge on any atom is -0.344 e. The van der Waals surface area contributed by atoms with Crippen LogP contribution in [0.25, 0.3) is 0 Å². The molecule has 3 heteroatoms. The van der Waals surface area contributed by atoms with Gasteiger partial charge in [-0.2, -0.15) is 0 Å². The molecule has 0 fully saturated rings.